The van der Waals surface area contributed by atoms with Gasteiger partial charge in [0.05, 0.1) is 17.1 Å². The van der Waals surface area contributed by atoms with E-state index in [2.05, 4.69) is 16.0 Å². The summed E-state index contributed by atoms with van der Waals surface area (Å²) in [6, 6.07) is 11.9. The second-order valence-corrected chi connectivity index (χ2v) is 6.65. The van der Waals surface area contributed by atoms with Gasteiger partial charge in [-0.1, -0.05) is 42.3 Å². The molecule has 0 spiro atoms. The Morgan fingerprint density at radius 3 is 2.35 bits per heavy atom. The Balaban J connectivity index is 1.96. The molecule has 2 aromatic rings. The highest BCUT2D eigenvalue weighted by molar-refractivity contribution is 7.80. The van der Waals surface area contributed by atoms with E-state index in [-0.39, 0.29) is 23.3 Å². The average molecular weight is 410 g/mol. The van der Waals surface area contributed by atoms with Crippen LogP contribution in [0.3, 0.4) is 0 Å². The molecule has 0 aliphatic rings. The molecule has 0 unspecified atom stereocenters. The number of halogens is 2. The molecule has 0 heterocycles. The predicted molar refractivity (Wildman–Crippen MR) is 110 cm³/mol. The van der Waals surface area contributed by atoms with E-state index in [0.717, 1.165) is 5.56 Å². The molecule has 3 N–H and O–H groups in total. The molecule has 26 heavy (non-hydrogen) atoms. The smallest absolute Gasteiger partial charge is 0.230 e. The Kier molecular flexibility index (Phi) is 7.38. The normalized spacial score (nSPS) is 10.1. The van der Waals surface area contributed by atoms with Gasteiger partial charge in [0.1, 0.15) is 0 Å². The van der Waals surface area contributed by atoms with E-state index in [1.54, 1.807) is 49.4 Å². The highest BCUT2D eigenvalue weighted by Crippen LogP contribution is 2.25. The van der Waals surface area contributed by atoms with Crippen molar-refractivity contribution >= 4 is 63.7 Å². The number of benzene rings is 2. The number of anilines is 2. The molecule has 0 aliphatic heterocycles. The van der Waals surface area contributed by atoms with Crippen LogP contribution in [0.25, 0.3) is 0 Å². The molecule has 2 amide bonds. The molecule has 5 nitrogen and oxygen atoms in total. The molecule has 2 aromatic carbocycles. The molecule has 0 bridgehead atoms. The van der Waals surface area contributed by atoms with Gasteiger partial charge in [0.2, 0.25) is 11.8 Å². The molecule has 8 heteroatoms. The largest absolute Gasteiger partial charge is 0.331 e. The second-order valence-electron chi connectivity index (χ2n) is 5.40. The van der Waals surface area contributed by atoms with E-state index in [4.69, 9.17) is 35.4 Å². The van der Waals surface area contributed by atoms with Crippen molar-refractivity contribution in [1.29, 1.82) is 0 Å². The van der Waals surface area contributed by atoms with Gasteiger partial charge in [0.25, 0.3) is 0 Å². The van der Waals surface area contributed by atoms with E-state index in [1.807, 2.05) is 0 Å². The van der Waals surface area contributed by atoms with E-state index in [0.29, 0.717) is 27.8 Å². The molecule has 0 fully saturated rings. The Hall–Kier alpha value is -2.15. The van der Waals surface area contributed by atoms with Crippen LogP contribution in [-0.4, -0.2) is 16.9 Å². The van der Waals surface area contributed by atoms with E-state index < -0.39 is 0 Å². The third kappa shape index (κ3) is 6.29. The van der Waals surface area contributed by atoms with Crippen molar-refractivity contribution in [3.05, 3.63) is 58.1 Å². The lowest BCUT2D eigenvalue weighted by atomic mass is 10.1. The maximum atomic E-state index is 12.1. The summed E-state index contributed by atoms with van der Waals surface area (Å²) in [5.74, 6) is -0.381. The summed E-state index contributed by atoms with van der Waals surface area (Å²) in [6.07, 6.45) is 0.532. The number of hydrogen-bond donors (Lipinski definition) is 3. The molecule has 0 aliphatic carbocycles. The topological polar surface area (TPSA) is 70.2 Å². The summed E-state index contributed by atoms with van der Waals surface area (Å²) in [7, 11) is 0. The zero-order chi connectivity index (χ0) is 19.1. The van der Waals surface area contributed by atoms with Crippen LogP contribution in [0.4, 0.5) is 11.4 Å². The van der Waals surface area contributed by atoms with Crippen LogP contribution in [-0.2, 0) is 16.0 Å². The summed E-state index contributed by atoms with van der Waals surface area (Å²) < 4.78 is 0. The van der Waals surface area contributed by atoms with Crippen molar-refractivity contribution < 1.29 is 9.59 Å². The molecule has 136 valence electrons. The van der Waals surface area contributed by atoms with Crippen molar-refractivity contribution in [3.8, 4) is 0 Å². The number of carbonyl (C=O) groups excluding carboxylic acids is 2. The molecule has 0 saturated heterocycles. The van der Waals surface area contributed by atoms with Crippen molar-refractivity contribution in [2.45, 2.75) is 19.8 Å². The molecular formula is C18H17Cl2N3O2S. The minimum atomic E-state index is -0.267. The predicted octanol–water partition coefficient (Wildman–Crippen LogP) is 4.40. The molecule has 0 saturated carbocycles. The number of amides is 2. The first-order valence-corrected chi connectivity index (χ1v) is 8.98. The van der Waals surface area contributed by atoms with Crippen LogP contribution in [0, 0.1) is 0 Å². The van der Waals surface area contributed by atoms with Gasteiger partial charge in [-0.2, -0.15) is 0 Å². The number of hydrogen-bond acceptors (Lipinski definition) is 3. The summed E-state index contributed by atoms with van der Waals surface area (Å²) >= 11 is 17.1. The Labute approximate surface area is 167 Å². The molecule has 0 radical (unpaired) electrons. The second kappa shape index (κ2) is 9.52. The summed E-state index contributed by atoms with van der Waals surface area (Å²) in [6.45, 7) is 1.76. The Morgan fingerprint density at radius 2 is 1.69 bits per heavy atom. The third-order valence-electron chi connectivity index (χ3n) is 3.35. The standard InChI is InChI=1S/C18H17Cl2N3O2S/c1-2-16(24)21-13-7-8-14(20)15(10-13)22-18(26)23-17(25)9-11-3-5-12(19)6-4-11/h3-8,10H,2,9H2,1H3,(H,21,24)(H2,22,23,25,26). The maximum absolute atomic E-state index is 12.1. The SMILES string of the molecule is CCC(=O)Nc1ccc(Cl)c(NC(=S)NC(=O)Cc2ccc(Cl)cc2)c1. The number of thiocarbonyl (C=S) groups is 1. The lowest BCUT2D eigenvalue weighted by Crippen LogP contribution is -2.35. The molecule has 2 rings (SSSR count). The van der Waals surface area contributed by atoms with Crippen molar-refractivity contribution in [2.75, 3.05) is 10.6 Å². The minimum Gasteiger partial charge on any atom is -0.331 e. The zero-order valence-electron chi connectivity index (χ0n) is 13.9. The number of rotatable bonds is 5. The fraction of sp³-hybridized carbons (Fsp3) is 0.167. The van der Waals surface area contributed by atoms with Crippen LogP contribution in [0.5, 0.6) is 0 Å². The highest BCUT2D eigenvalue weighted by atomic mass is 35.5. The Bertz CT molecular complexity index is 826. The summed E-state index contributed by atoms with van der Waals surface area (Å²) in [4.78, 5) is 23.6. The monoisotopic (exact) mass is 409 g/mol. The summed E-state index contributed by atoms with van der Waals surface area (Å²) in [5, 5.41) is 9.32. The first-order valence-electron chi connectivity index (χ1n) is 7.82. The van der Waals surface area contributed by atoms with Gasteiger partial charge in [0, 0.05) is 17.1 Å². The summed E-state index contributed by atoms with van der Waals surface area (Å²) in [5.41, 5.74) is 1.88. The van der Waals surface area contributed by atoms with E-state index in [9.17, 15) is 9.59 Å². The maximum Gasteiger partial charge on any atom is 0.230 e. The van der Waals surface area contributed by atoms with Gasteiger partial charge in [0.15, 0.2) is 5.11 Å². The fourth-order valence-corrected chi connectivity index (χ4v) is 2.57. The van der Waals surface area contributed by atoms with E-state index in [1.165, 1.54) is 0 Å². The van der Waals surface area contributed by atoms with Crippen LogP contribution < -0.4 is 16.0 Å². The van der Waals surface area contributed by atoms with Gasteiger partial charge < -0.3 is 16.0 Å². The minimum absolute atomic E-state index is 0.114. The van der Waals surface area contributed by atoms with Crippen LogP contribution in [0.15, 0.2) is 42.5 Å². The van der Waals surface area contributed by atoms with Crippen molar-refractivity contribution in [3.63, 3.8) is 0 Å². The molecule has 0 atom stereocenters. The fourth-order valence-electron chi connectivity index (χ4n) is 2.06. The van der Waals surface area contributed by atoms with Crippen molar-refractivity contribution in [1.82, 2.24) is 5.32 Å². The van der Waals surface area contributed by atoms with Crippen LogP contribution in [0.1, 0.15) is 18.9 Å². The number of nitrogens with one attached hydrogen (secondary N) is 3. The van der Waals surface area contributed by atoms with Crippen LogP contribution in [0.2, 0.25) is 10.0 Å². The third-order valence-corrected chi connectivity index (χ3v) is 4.14. The van der Waals surface area contributed by atoms with Gasteiger partial charge in [-0.15, -0.1) is 0 Å². The molecule has 0 aromatic heterocycles. The van der Waals surface area contributed by atoms with Gasteiger partial charge in [-0.25, -0.2) is 0 Å². The first kappa shape index (κ1) is 20.2. The van der Waals surface area contributed by atoms with Crippen molar-refractivity contribution in [2.24, 2.45) is 0 Å². The highest BCUT2D eigenvalue weighted by Gasteiger charge is 2.09. The zero-order valence-corrected chi connectivity index (χ0v) is 16.3. The number of carbonyl (C=O) groups is 2. The quantitative estimate of drug-likeness (QED) is 0.640. The first-order chi connectivity index (χ1) is 12.4. The average Bonchev–Trinajstić information content (AvgIpc) is 2.59. The lowest BCUT2D eigenvalue weighted by Gasteiger charge is -2.13. The van der Waals surface area contributed by atoms with E-state index >= 15 is 0 Å². The molecular weight excluding hydrogens is 393 g/mol. The lowest BCUT2D eigenvalue weighted by molar-refractivity contribution is -0.119. The van der Waals surface area contributed by atoms with Crippen LogP contribution >= 0.6 is 35.4 Å². The van der Waals surface area contributed by atoms with Gasteiger partial charge in [-0.05, 0) is 48.1 Å². The van der Waals surface area contributed by atoms with Gasteiger partial charge in [-0.3, -0.25) is 9.59 Å². The Morgan fingerprint density at radius 1 is 1.00 bits per heavy atom. The van der Waals surface area contributed by atoms with Gasteiger partial charge >= 0.3 is 0 Å².